The molecule has 2 aromatic rings. The van der Waals surface area contributed by atoms with Gasteiger partial charge in [0.2, 0.25) is 0 Å². The van der Waals surface area contributed by atoms with E-state index in [4.69, 9.17) is 16.0 Å². The smallest absolute Gasteiger partial charge is 0.138 e. The molecule has 1 nitrogen and oxygen atoms in total. The standard InChI is InChI=1S/C10H9ClO/c1-6-5-12-10-7(2)9(11)4-3-8(6)10/h3-5H,1-2H3. The topological polar surface area (TPSA) is 13.1 Å². The maximum atomic E-state index is 5.94. The van der Waals surface area contributed by atoms with E-state index in [2.05, 4.69) is 0 Å². The lowest BCUT2D eigenvalue weighted by molar-refractivity contribution is 0.610. The predicted molar refractivity (Wildman–Crippen MR) is 50.7 cm³/mol. The van der Waals surface area contributed by atoms with Crippen LogP contribution in [0.4, 0.5) is 0 Å². The third kappa shape index (κ3) is 0.935. The minimum atomic E-state index is 0.761. The van der Waals surface area contributed by atoms with Crippen molar-refractivity contribution in [1.82, 2.24) is 0 Å². The van der Waals surface area contributed by atoms with Crippen LogP contribution in [-0.4, -0.2) is 0 Å². The summed E-state index contributed by atoms with van der Waals surface area (Å²) in [6, 6.07) is 3.89. The van der Waals surface area contributed by atoms with Crippen molar-refractivity contribution in [2.75, 3.05) is 0 Å². The van der Waals surface area contributed by atoms with Crippen molar-refractivity contribution in [2.24, 2.45) is 0 Å². The molecule has 0 saturated heterocycles. The molecule has 1 heterocycles. The quantitative estimate of drug-likeness (QED) is 0.603. The molecule has 1 aromatic heterocycles. The average molecular weight is 181 g/mol. The maximum Gasteiger partial charge on any atom is 0.138 e. The fourth-order valence-corrected chi connectivity index (χ4v) is 1.49. The number of aryl methyl sites for hydroxylation is 2. The van der Waals surface area contributed by atoms with Crippen LogP contribution in [0.3, 0.4) is 0 Å². The Morgan fingerprint density at radius 2 is 2.00 bits per heavy atom. The molecule has 0 spiro atoms. The zero-order valence-corrected chi connectivity index (χ0v) is 7.77. The van der Waals surface area contributed by atoms with E-state index in [1.54, 1.807) is 6.26 Å². The number of furan rings is 1. The van der Waals surface area contributed by atoms with Gasteiger partial charge in [0.1, 0.15) is 5.58 Å². The van der Waals surface area contributed by atoms with E-state index < -0.39 is 0 Å². The molecule has 0 amide bonds. The number of rotatable bonds is 0. The van der Waals surface area contributed by atoms with Gasteiger partial charge in [-0.25, -0.2) is 0 Å². The Bertz CT molecular complexity index is 429. The fourth-order valence-electron chi connectivity index (χ4n) is 1.34. The molecule has 0 aliphatic rings. The lowest BCUT2D eigenvalue weighted by Gasteiger charge is -1.97. The van der Waals surface area contributed by atoms with Gasteiger partial charge in [-0.3, -0.25) is 0 Å². The lowest BCUT2D eigenvalue weighted by atomic mass is 10.1. The molecule has 2 heteroatoms. The fraction of sp³-hybridized carbons (Fsp3) is 0.200. The van der Waals surface area contributed by atoms with E-state index in [0.29, 0.717) is 0 Å². The lowest BCUT2D eigenvalue weighted by Crippen LogP contribution is -1.75. The van der Waals surface area contributed by atoms with Gasteiger partial charge in [0.25, 0.3) is 0 Å². The second kappa shape index (κ2) is 2.53. The molecule has 0 aliphatic heterocycles. The Labute approximate surface area is 75.9 Å². The van der Waals surface area contributed by atoms with Gasteiger partial charge in [0, 0.05) is 16.0 Å². The normalized spacial score (nSPS) is 10.9. The zero-order valence-electron chi connectivity index (χ0n) is 7.02. The van der Waals surface area contributed by atoms with Crippen molar-refractivity contribution in [2.45, 2.75) is 13.8 Å². The van der Waals surface area contributed by atoms with Gasteiger partial charge < -0.3 is 4.42 Å². The molecule has 12 heavy (non-hydrogen) atoms. The number of hydrogen-bond acceptors (Lipinski definition) is 1. The Balaban J connectivity index is 2.93. The highest BCUT2D eigenvalue weighted by Gasteiger charge is 2.06. The monoisotopic (exact) mass is 180 g/mol. The third-order valence-electron chi connectivity index (χ3n) is 2.12. The van der Waals surface area contributed by atoms with Gasteiger partial charge in [0.15, 0.2) is 0 Å². The third-order valence-corrected chi connectivity index (χ3v) is 2.53. The number of hydrogen-bond donors (Lipinski definition) is 0. The van der Waals surface area contributed by atoms with Crippen LogP contribution in [0.25, 0.3) is 11.0 Å². The largest absolute Gasteiger partial charge is 0.464 e. The first-order valence-electron chi connectivity index (χ1n) is 3.83. The summed E-state index contributed by atoms with van der Waals surface area (Å²) >= 11 is 5.94. The summed E-state index contributed by atoms with van der Waals surface area (Å²) < 4.78 is 5.38. The first-order chi connectivity index (χ1) is 5.70. The molecule has 0 aliphatic carbocycles. The SMILES string of the molecule is Cc1coc2c(C)c(Cl)ccc12. The molecule has 0 unspecified atom stereocenters. The van der Waals surface area contributed by atoms with Crippen molar-refractivity contribution >= 4 is 22.6 Å². The van der Waals surface area contributed by atoms with Gasteiger partial charge in [-0.1, -0.05) is 11.6 Å². The van der Waals surface area contributed by atoms with E-state index in [1.807, 2.05) is 26.0 Å². The first-order valence-corrected chi connectivity index (χ1v) is 4.21. The van der Waals surface area contributed by atoms with Gasteiger partial charge in [-0.05, 0) is 31.5 Å². The van der Waals surface area contributed by atoms with E-state index in [0.717, 1.165) is 27.1 Å². The van der Waals surface area contributed by atoms with Crippen LogP contribution >= 0.6 is 11.6 Å². The molecule has 62 valence electrons. The predicted octanol–water partition coefficient (Wildman–Crippen LogP) is 3.70. The molecular formula is C10H9ClO. The molecule has 0 atom stereocenters. The Morgan fingerprint density at radius 3 is 2.75 bits per heavy atom. The van der Waals surface area contributed by atoms with E-state index in [1.165, 1.54) is 0 Å². The minimum Gasteiger partial charge on any atom is -0.464 e. The van der Waals surface area contributed by atoms with Crippen LogP contribution in [0.2, 0.25) is 5.02 Å². The Kier molecular flexibility index (Phi) is 1.62. The molecule has 0 N–H and O–H groups in total. The summed E-state index contributed by atoms with van der Waals surface area (Å²) in [4.78, 5) is 0. The summed E-state index contributed by atoms with van der Waals surface area (Å²) in [6.45, 7) is 3.99. The van der Waals surface area contributed by atoms with E-state index >= 15 is 0 Å². The maximum absolute atomic E-state index is 5.94. The van der Waals surface area contributed by atoms with E-state index in [-0.39, 0.29) is 0 Å². The van der Waals surface area contributed by atoms with Crippen molar-refractivity contribution < 1.29 is 4.42 Å². The molecule has 1 aromatic carbocycles. The molecular weight excluding hydrogens is 172 g/mol. The van der Waals surface area contributed by atoms with Crippen LogP contribution < -0.4 is 0 Å². The van der Waals surface area contributed by atoms with Crippen LogP contribution in [0.1, 0.15) is 11.1 Å². The minimum absolute atomic E-state index is 0.761. The first kappa shape index (κ1) is 7.69. The molecule has 0 radical (unpaired) electrons. The van der Waals surface area contributed by atoms with E-state index in [9.17, 15) is 0 Å². The summed E-state index contributed by atoms with van der Waals surface area (Å²) in [5, 5.41) is 1.91. The highest BCUT2D eigenvalue weighted by Crippen LogP contribution is 2.28. The summed E-state index contributed by atoms with van der Waals surface area (Å²) in [5.41, 5.74) is 3.08. The van der Waals surface area contributed by atoms with Crippen LogP contribution in [-0.2, 0) is 0 Å². The highest BCUT2D eigenvalue weighted by molar-refractivity contribution is 6.32. The number of halogens is 1. The number of benzene rings is 1. The Hall–Kier alpha value is -0.950. The summed E-state index contributed by atoms with van der Waals surface area (Å²) in [6.07, 6.45) is 1.76. The molecule has 0 fully saturated rings. The van der Waals surface area contributed by atoms with Crippen molar-refractivity contribution in [1.29, 1.82) is 0 Å². The number of fused-ring (bicyclic) bond motifs is 1. The van der Waals surface area contributed by atoms with Gasteiger partial charge in [0.05, 0.1) is 6.26 Å². The molecule has 0 saturated carbocycles. The van der Waals surface area contributed by atoms with Gasteiger partial charge >= 0.3 is 0 Å². The second-order valence-electron chi connectivity index (χ2n) is 2.97. The van der Waals surface area contributed by atoms with Crippen molar-refractivity contribution in [3.05, 3.63) is 34.5 Å². The van der Waals surface area contributed by atoms with Crippen LogP contribution in [0, 0.1) is 13.8 Å². The highest BCUT2D eigenvalue weighted by atomic mass is 35.5. The average Bonchev–Trinajstić information content (AvgIpc) is 2.41. The molecule has 0 bridgehead atoms. The van der Waals surface area contributed by atoms with Crippen LogP contribution in [0.15, 0.2) is 22.8 Å². The van der Waals surface area contributed by atoms with Crippen molar-refractivity contribution in [3.63, 3.8) is 0 Å². The van der Waals surface area contributed by atoms with Gasteiger partial charge in [-0.15, -0.1) is 0 Å². The zero-order chi connectivity index (χ0) is 8.72. The van der Waals surface area contributed by atoms with Crippen molar-refractivity contribution in [3.8, 4) is 0 Å². The Morgan fingerprint density at radius 1 is 1.25 bits per heavy atom. The van der Waals surface area contributed by atoms with Gasteiger partial charge in [-0.2, -0.15) is 0 Å². The molecule has 2 rings (SSSR count). The second-order valence-corrected chi connectivity index (χ2v) is 3.37. The summed E-state index contributed by atoms with van der Waals surface area (Å²) in [5.74, 6) is 0. The van der Waals surface area contributed by atoms with Crippen LogP contribution in [0.5, 0.6) is 0 Å². The summed E-state index contributed by atoms with van der Waals surface area (Å²) in [7, 11) is 0.